The summed E-state index contributed by atoms with van der Waals surface area (Å²) in [7, 11) is 0. The van der Waals surface area contributed by atoms with Gasteiger partial charge < -0.3 is 85.3 Å². The Labute approximate surface area is 719 Å². The molecule has 0 aliphatic heterocycles. The van der Waals surface area contributed by atoms with E-state index in [1.807, 2.05) is 71.9 Å². The molecule has 0 N–H and O–H groups in total. The first-order chi connectivity index (χ1) is 57.6. The minimum Gasteiger partial charge on any atom is -0.494 e. The van der Waals surface area contributed by atoms with Gasteiger partial charge in [0.05, 0.1) is 114 Å². The topological polar surface area (TPSA) is 251 Å². The molecule has 0 radical (unpaired) electrons. The molecule has 3 aliphatic rings. The molecule has 119 heavy (non-hydrogen) atoms. The Morgan fingerprint density at radius 3 is 0.933 bits per heavy atom. The third-order valence-electron chi connectivity index (χ3n) is 18.5. The first-order valence-electron chi connectivity index (χ1n) is 44.6. The van der Waals surface area contributed by atoms with Crippen LogP contribution in [0.4, 0.5) is 4.79 Å². The Kier molecular flexibility index (Phi) is 76.5. The molecule has 0 bridgehead atoms. The molecule has 4 aromatic rings. The maximum absolute atomic E-state index is 11.3. The molecule has 3 saturated carbocycles. The molecule has 23 nitrogen and oxygen atoms in total. The van der Waals surface area contributed by atoms with Crippen molar-refractivity contribution in [2.45, 2.75) is 292 Å². The van der Waals surface area contributed by atoms with Crippen LogP contribution in [0.25, 0.3) is 0 Å². The maximum atomic E-state index is 11.3. The standard InChI is InChI=1S/C13H26O2.C12H14O4.C12H24O2.2C12H18O2.C10H18O4.C10H20O2.C10H14O2.C5H10O3/c1-5-14-12-9-7-11(8-10-12)13(3,4)15-6-2;1-3-15-11(13)9-5-7-10(8-6-9)12(14)16-4-2;2*1-3-13-9-11-5-7-12(8-6-11)10-14-4-2;1-3-13-9-11-6-5-7-12(8-11)10-14-4-2;1-3-13-9(11)7-5-6-8-10(12)14-4-2;1-3-11-9-5-7-10(8-6-9)12-4-2;1-3-11-9-6-5-7-10(8-9)12-4-2;1-3-7-5(6)8-4-2/h11-12H,5-10H2,1-4H3;5-8H,3-4H2,1-2H3;11-12H,3-10H2,1-2H3;2*5-8H,3-4,9-10H2,1-2H3;3-8H2,1-2H3;9-10H,3-8H2,1-2H3;5-8H,3-4H2,1-2H3;3-4H2,1-2H3. The SMILES string of the molecule is CCOC(=O)CCCCC(=O)OCC.CCOC(=O)OCC.CCOC(=O)c1ccc(C(=O)OCC)cc1.CCOC1CCC(C(C)(C)OCC)CC1.CCOC1CCC(OCC)CC1.CCOCC1CCC(COCC)CC1.CCOCc1ccc(COCC)cc1.CCOCc1cccc(COCC)c1.CCOc1cccc(OCC)c1. The van der Waals surface area contributed by atoms with E-state index in [2.05, 4.69) is 107 Å². The summed E-state index contributed by atoms with van der Waals surface area (Å²) in [6.07, 6.45) is 18.0. The molecule has 3 aliphatic carbocycles. The van der Waals surface area contributed by atoms with Gasteiger partial charge in [0.2, 0.25) is 0 Å². The smallest absolute Gasteiger partial charge is 0.494 e. The molecule has 0 unspecified atom stereocenters. The largest absolute Gasteiger partial charge is 0.508 e. The third-order valence-corrected chi connectivity index (χ3v) is 18.5. The predicted octanol–water partition coefficient (Wildman–Crippen LogP) is 21.5. The van der Waals surface area contributed by atoms with Crippen molar-refractivity contribution in [1.82, 2.24) is 0 Å². The fourth-order valence-corrected chi connectivity index (χ4v) is 12.5. The number of benzene rings is 4. The average Bonchev–Trinajstić information content (AvgIpc) is 0.844. The summed E-state index contributed by atoms with van der Waals surface area (Å²) in [5, 5.41) is 0. The van der Waals surface area contributed by atoms with Crippen LogP contribution in [0.5, 0.6) is 11.5 Å². The lowest BCUT2D eigenvalue weighted by Gasteiger charge is -2.38. The van der Waals surface area contributed by atoms with Crippen LogP contribution in [-0.4, -0.2) is 186 Å². The van der Waals surface area contributed by atoms with Crippen molar-refractivity contribution in [2.24, 2.45) is 17.8 Å². The minimum atomic E-state index is -0.588. The molecule has 23 heteroatoms. The van der Waals surface area contributed by atoms with Crippen molar-refractivity contribution >= 4 is 30.0 Å². The van der Waals surface area contributed by atoms with E-state index < -0.39 is 18.1 Å². The van der Waals surface area contributed by atoms with Gasteiger partial charge in [-0.15, -0.1) is 0 Å². The van der Waals surface area contributed by atoms with Crippen molar-refractivity contribution in [3.8, 4) is 11.5 Å². The number of unbranched alkanes of at least 4 members (excludes halogenated alkanes) is 1. The Balaban J connectivity index is 0. The van der Waals surface area contributed by atoms with Crippen LogP contribution >= 0.6 is 0 Å². The summed E-state index contributed by atoms with van der Waals surface area (Å²) in [6.45, 7) is 55.8. The third kappa shape index (κ3) is 62.9. The fourth-order valence-electron chi connectivity index (χ4n) is 12.5. The molecular weight excluding hydrogens is 1520 g/mol. The van der Waals surface area contributed by atoms with E-state index in [1.54, 1.807) is 65.8 Å². The van der Waals surface area contributed by atoms with Gasteiger partial charge in [0.25, 0.3) is 0 Å². The zero-order chi connectivity index (χ0) is 88.8. The van der Waals surface area contributed by atoms with E-state index in [1.165, 1.54) is 99.3 Å². The second kappa shape index (κ2) is 79.7. The van der Waals surface area contributed by atoms with Gasteiger partial charge in [-0.1, -0.05) is 54.6 Å². The molecule has 7 rings (SSSR count). The lowest BCUT2D eigenvalue weighted by molar-refractivity contribution is -0.145. The summed E-state index contributed by atoms with van der Waals surface area (Å²) >= 11 is 0. The molecule has 0 saturated heterocycles. The summed E-state index contributed by atoms with van der Waals surface area (Å²) in [4.78, 5) is 54.6. The van der Waals surface area contributed by atoms with Crippen molar-refractivity contribution in [1.29, 1.82) is 0 Å². The molecule has 0 amide bonds. The molecule has 0 spiro atoms. The zero-order valence-electron chi connectivity index (χ0n) is 77.4. The number of rotatable bonds is 44. The van der Waals surface area contributed by atoms with E-state index in [9.17, 15) is 24.0 Å². The van der Waals surface area contributed by atoms with Crippen LogP contribution in [0.15, 0.2) is 97.1 Å². The van der Waals surface area contributed by atoms with Crippen molar-refractivity contribution in [2.75, 3.05) is 132 Å². The highest BCUT2D eigenvalue weighted by molar-refractivity contribution is 5.93. The first-order valence-corrected chi connectivity index (χ1v) is 44.6. The van der Waals surface area contributed by atoms with Gasteiger partial charge in [0.1, 0.15) is 11.5 Å². The van der Waals surface area contributed by atoms with Gasteiger partial charge >= 0.3 is 30.0 Å². The summed E-state index contributed by atoms with van der Waals surface area (Å²) < 4.78 is 93.4. The van der Waals surface area contributed by atoms with E-state index in [4.69, 9.17) is 75.8 Å². The monoisotopic (exact) mass is 1680 g/mol. The summed E-state index contributed by atoms with van der Waals surface area (Å²) in [5.74, 6) is 2.88. The molecule has 4 aromatic carbocycles. The van der Waals surface area contributed by atoms with Crippen LogP contribution in [0, 0.1) is 17.8 Å². The Morgan fingerprint density at radius 1 is 0.311 bits per heavy atom. The maximum Gasteiger partial charge on any atom is 0.508 e. The molecule has 0 aromatic heterocycles. The lowest BCUT2D eigenvalue weighted by Crippen LogP contribution is -2.38. The Morgan fingerprint density at radius 2 is 0.630 bits per heavy atom. The van der Waals surface area contributed by atoms with Gasteiger partial charge in [-0.3, -0.25) is 9.59 Å². The fraction of sp³-hybridized carbons (Fsp3) is 0.698. The van der Waals surface area contributed by atoms with Crippen LogP contribution in [0.1, 0.15) is 284 Å². The lowest BCUT2D eigenvalue weighted by atomic mass is 9.77. The number of ether oxygens (including phenoxy) is 18. The summed E-state index contributed by atoms with van der Waals surface area (Å²) in [5.41, 5.74) is 5.75. The Hall–Kier alpha value is -6.77. The molecule has 3 fully saturated rings. The normalized spacial score (nSPS) is 16.3. The van der Waals surface area contributed by atoms with Gasteiger partial charge in [-0.25, -0.2) is 14.4 Å². The number of carbonyl (C=O) groups is 5. The molecule has 0 atom stereocenters. The van der Waals surface area contributed by atoms with Crippen molar-refractivity contribution in [3.63, 3.8) is 0 Å². The van der Waals surface area contributed by atoms with E-state index in [-0.39, 0.29) is 17.5 Å². The molecule has 0 heterocycles. The number of hydrogen-bond donors (Lipinski definition) is 0. The highest BCUT2D eigenvalue weighted by Crippen LogP contribution is 2.36. The van der Waals surface area contributed by atoms with Gasteiger partial charge in [0.15, 0.2) is 0 Å². The highest BCUT2D eigenvalue weighted by atomic mass is 16.7. The van der Waals surface area contributed by atoms with E-state index in [0.717, 1.165) is 103 Å². The van der Waals surface area contributed by atoms with E-state index in [0.29, 0.717) is 140 Å². The number of hydrogen-bond acceptors (Lipinski definition) is 23. The average molecular weight is 1680 g/mol. The number of esters is 4. The second-order valence-corrected chi connectivity index (χ2v) is 28.0. The first kappa shape index (κ1) is 114. The van der Waals surface area contributed by atoms with Crippen molar-refractivity contribution < 1.29 is 109 Å². The van der Waals surface area contributed by atoms with Gasteiger partial charge in [-0.2, -0.15) is 0 Å². The second-order valence-electron chi connectivity index (χ2n) is 28.0. The van der Waals surface area contributed by atoms with Crippen LogP contribution in [-0.2, 0) is 112 Å². The quantitative estimate of drug-likeness (QED) is 0.0227. The number of carbonyl (C=O) groups excluding carboxylic acids is 5. The molecule has 684 valence electrons. The van der Waals surface area contributed by atoms with Crippen LogP contribution in [0.2, 0.25) is 0 Å². The van der Waals surface area contributed by atoms with Crippen LogP contribution in [0.3, 0.4) is 0 Å². The molecular formula is C96H162O23. The Bertz CT molecular complexity index is 2810. The van der Waals surface area contributed by atoms with Gasteiger partial charge in [0, 0.05) is 98.2 Å². The zero-order valence-corrected chi connectivity index (χ0v) is 77.4. The summed E-state index contributed by atoms with van der Waals surface area (Å²) in [6, 6.07) is 30.5. The van der Waals surface area contributed by atoms with Crippen molar-refractivity contribution in [3.05, 3.63) is 130 Å². The van der Waals surface area contributed by atoms with E-state index >= 15 is 0 Å². The van der Waals surface area contributed by atoms with Crippen LogP contribution < -0.4 is 9.47 Å². The van der Waals surface area contributed by atoms with Gasteiger partial charge in [-0.05, 0) is 305 Å². The predicted molar refractivity (Wildman–Crippen MR) is 473 cm³/mol. The highest BCUT2D eigenvalue weighted by Gasteiger charge is 2.34. The minimum absolute atomic E-state index is 0.0476.